The van der Waals surface area contributed by atoms with Crippen molar-refractivity contribution in [3.63, 3.8) is 0 Å². The van der Waals surface area contributed by atoms with Crippen LogP contribution in [0.4, 0.5) is 5.69 Å². The van der Waals surface area contributed by atoms with E-state index < -0.39 is 11.9 Å². The van der Waals surface area contributed by atoms with Crippen LogP contribution in [0.15, 0.2) is 53.5 Å². The summed E-state index contributed by atoms with van der Waals surface area (Å²) in [6, 6.07) is 12.8. The first-order valence-electron chi connectivity index (χ1n) is 9.99. The normalized spacial score (nSPS) is 16.3. The Morgan fingerprint density at radius 3 is 2.67 bits per heavy atom. The number of anilines is 1. The third kappa shape index (κ3) is 3.96. The van der Waals surface area contributed by atoms with Crippen molar-refractivity contribution >= 4 is 23.2 Å². The number of amides is 1. The molecule has 0 bridgehead atoms. The van der Waals surface area contributed by atoms with E-state index in [1.54, 1.807) is 17.2 Å². The molecule has 7 heteroatoms. The predicted octanol–water partition coefficient (Wildman–Crippen LogP) is 2.66. The summed E-state index contributed by atoms with van der Waals surface area (Å²) < 4.78 is 6.84. The molecule has 3 aromatic rings. The second-order valence-electron chi connectivity index (χ2n) is 7.55. The number of nitrogens with zero attached hydrogens (tertiary/aromatic N) is 3. The van der Waals surface area contributed by atoms with Crippen LogP contribution >= 0.6 is 0 Å². The van der Waals surface area contributed by atoms with E-state index in [9.17, 15) is 14.4 Å². The van der Waals surface area contributed by atoms with Crippen LogP contribution in [0.5, 0.6) is 0 Å². The van der Waals surface area contributed by atoms with Crippen LogP contribution in [-0.2, 0) is 27.4 Å². The molecule has 4 rings (SSSR count). The Kier molecular flexibility index (Phi) is 5.35. The lowest BCUT2D eigenvalue weighted by Gasteiger charge is -2.17. The van der Waals surface area contributed by atoms with Gasteiger partial charge in [0.05, 0.1) is 11.6 Å². The fourth-order valence-corrected chi connectivity index (χ4v) is 3.62. The van der Waals surface area contributed by atoms with Gasteiger partial charge in [-0.25, -0.2) is 4.98 Å². The molecule has 1 atom stereocenters. The molecule has 1 aromatic carbocycles. The van der Waals surface area contributed by atoms with Gasteiger partial charge < -0.3 is 9.64 Å². The summed E-state index contributed by atoms with van der Waals surface area (Å²) in [5.74, 6) is -1.09. The van der Waals surface area contributed by atoms with Crippen molar-refractivity contribution in [3.05, 3.63) is 75.8 Å². The molecule has 0 saturated carbocycles. The van der Waals surface area contributed by atoms with Gasteiger partial charge in [-0.05, 0) is 42.7 Å². The lowest BCUT2D eigenvalue weighted by atomic mass is 10.1. The molecule has 2 aromatic heterocycles. The van der Waals surface area contributed by atoms with E-state index in [2.05, 4.69) is 11.9 Å². The molecule has 1 aliphatic rings. The second kappa shape index (κ2) is 8.10. The largest absolute Gasteiger partial charge is 0.459 e. The smallest absolute Gasteiger partial charge is 0.311 e. The summed E-state index contributed by atoms with van der Waals surface area (Å²) in [7, 11) is 0. The van der Waals surface area contributed by atoms with Crippen LogP contribution in [-0.4, -0.2) is 27.8 Å². The highest BCUT2D eigenvalue weighted by atomic mass is 16.5. The predicted molar refractivity (Wildman–Crippen MR) is 112 cm³/mol. The summed E-state index contributed by atoms with van der Waals surface area (Å²) in [6.45, 7) is 4.15. The number of aromatic nitrogens is 2. The maximum atomic E-state index is 12.5. The van der Waals surface area contributed by atoms with Gasteiger partial charge >= 0.3 is 5.97 Å². The van der Waals surface area contributed by atoms with Crippen LogP contribution in [0, 0.1) is 12.8 Å². The summed E-state index contributed by atoms with van der Waals surface area (Å²) in [6.07, 6.45) is 2.75. The van der Waals surface area contributed by atoms with Crippen molar-refractivity contribution in [1.29, 1.82) is 0 Å². The van der Waals surface area contributed by atoms with Crippen molar-refractivity contribution < 1.29 is 14.3 Å². The summed E-state index contributed by atoms with van der Waals surface area (Å²) in [5, 5.41) is 0. The number of ether oxygens (including phenoxy) is 1. The number of carbonyl (C=O) groups excluding carboxylic acids is 2. The van der Waals surface area contributed by atoms with Gasteiger partial charge in [0.2, 0.25) is 5.91 Å². The Balaban J connectivity index is 1.42. The third-order valence-corrected chi connectivity index (χ3v) is 5.34. The monoisotopic (exact) mass is 405 g/mol. The van der Waals surface area contributed by atoms with E-state index in [-0.39, 0.29) is 31.0 Å². The summed E-state index contributed by atoms with van der Waals surface area (Å²) in [4.78, 5) is 43.2. The minimum atomic E-state index is -0.535. The van der Waals surface area contributed by atoms with Gasteiger partial charge in [-0.15, -0.1) is 0 Å². The first-order chi connectivity index (χ1) is 14.4. The maximum absolute atomic E-state index is 12.5. The molecule has 0 aliphatic carbocycles. The Labute approximate surface area is 173 Å². The van der Waals surface area contributed by atoms with Gasteiger partial charge in [0.25, 0.3) is 5.56 Å². The molecular weight excluding hydrogens is 382 g/mol. The number of fused-ring (bicyclic) bond motifs is 1. The van der Waals surface area contributed by atoms with Crippen molar-refractivity contribution in [3.8, 4) is 0 Å². The second-order valence-corrected chi connectivity index (χ2v) is 7.55. The Morgan fingerprint density at radius 2 is 1.93 bits per heavy atom. The number of hydrogen-bond acceptors (Lipinski definition) is 5. The average molecular weight is 405 g/mol. The molecule has 3 heterocycles. The maximum Gasteiger partial charge on any atom is 0.311 e. The van der Waals surface area contributed by atoms with Crippen molar-refractivity contribution in [1.82, 2.24) is 9.38 Å². The number of rotatable bonds is 5. The molecule has 154 valence electrons. The number of hydrogen-bond donors (Lipinski definition) is 0. The first kappa shape index (κ1) is 19.8. The highest BCUT2D eigenvalue weighted by molar-refractivity contribution is 5.99. The quantitative estimate of drug-likeness (QED) is 0.610. The molecule has 1 amide bonds. The number of carbonyl (C=O) groups is 2. The molecule has 0 N–H and O–H groups in total. The van der Waals surface area contributed by atoms with Crippen LogP contribution in [0.2, 0.25) is 0 Å². The lowest BCUT2D eigenvalue weighted by Crippen LogP contribution is -2.26. The van der Waals surface area contributed by atoms with E-state index >= 15 is 0 Å². The zero-order valence-electron chi connectivity index (χ0n) is 17.0. The van der Waals surface area contributed by atoms with Crippen LogP contribution in [0.3, 0.4) is 0 Å². The van der Waals surface area contributed by atoms with Gasteiger partial charge in [-0.2, -0.15) is 0 Å². The Bertz CT molecular complexity index is 1170. The molecule has 0 unspecified atom stereocenters. The van der Waals surface area contributed by atoms with Gasteiger partial charge in [-0.1, -0.05) is 25.1 Å². The summed E-state index contributed by atoms with van der Waals surface area (Å²) in [5.41, 5.74) is 3.57. The lowest BCUT2D eigenvalue weighted by molar-refractivity contribution is -0.149. The molecule has 30 heavy (non-hydrogen) atoms. The van der Waals surface area contributed by atoms with E-state index in [4.69, 9.17) is 4.74 Å². The van der Waals surface area contributed by atoms with Crippen LogP contribution in [0.1, 0.15) is 30.2 Å². The number of pyridine rings is 1. The molecule has 1 fully saturated rings. The number of aryl methyl sites for hydroxylation is 2. The zero-order valence-corrected chi connectivity index (χ0v) is 17.0. The highest BCUT2D eigenvalue weighted by Crippen LogP contribution is 2.26. The van der Waals surface area contributed by atoms with Gasteiger partial charge in [-0.3, -0.25) is 18.8 Å². The fraction of sp³-hybridized carbons (Fsp3) is 0.304. The first-order valence-corrected chi connectivity index (χ1v) is 9.99. The van der Waals surface area contributed by atoms with E-state index in [0.29, 0.717) is 11.3 Å². The third-order valence-electron chi connectivity index (χ3n) is 5.34. The van der Waals surface area contributed by atoms with Gasteiger partial charge in [0.15, 0.2) is 0 Å². The standard InChI is InChI=1S/C23H23N3O4/c1-3-16-5-7-19(8-6-16)25-13-17(10-21(25)27)23(29)30-14-18-11-22(28)26-12-15(2)4-9-20(26)24-18/h4-9,11-12,17H,3,10,13-14H2,1-2H3/t17-/m0/s1. The Hall–Kier alpha value is -3.48. The van der Waals surface area contributed by atoms with Crippen LogP contribution in [0.25, 0.3) is 5.65 Å². The molecule has 7 nitrogen and oxygen atoms in total. The van der Waals surface area contributed by atoms with E-state index in [1.165, 1.54) is 16.0 Å². The van der Waals surface area contributed by atoms with Crippen molar-refractivity contribution in [2.45, 2.75) is 33.3 Å². The van der Waals surface area contributed by atoms with E-state index in [1.807, 2.05) is 37.3 Å². The topological polar surface area (TPSA) is 81.0 Å². The Morgan fingerprint density at radius 1 is 1.17 bits per heavy atom. The summed E-state index contributed by atoms with van der Waals surface area (Å²) >= 11 is 0. The number of esters is 1. The molecule has 1 aliphatic heterocycles. The minimum Gasteiger partial charge on any atom is -0.459 e. The minimum absolute atomic E-state index is 0.0985. The molecule has 0 spiro atoms. The number of benzene rings is 1. The fourth-order valence-electron chi connectivity index (χ4n) is 3.62. The SMILES string of the molecule is CCc1ccc(N2C[C@@H](C(=O)OCc3cc(=O)n4cc(C)ccc4n3)CC2=O)cc1. The highest BCUT2D eigenvalue weighted by Gasteiger charge is 2.36. The van der Waals surface area contributed by atoms with Crippen LogP contribution < -0.4 is 10.5 Å². The molecule has 0 radical (unpaired) electrons. The zero-order chi connectivity index (χ0) is 21.3. The van der Waals surface area contributed by atoms with Crippen molar-refractivity contribution in [2.75, 3.05) is 11.4 Å². The molecule has 1 saturated heterocycles. The average Bonchev–Trinajstić information content (AvgIpc) is 3.14. The van der Waals surface area contributed by atoms with Crippen molar-refractivity contribution in [2.24, 2.45) is 5.92 Å². The van der Waals surface area contributed by atoms with Gasteiger partial charge in [0, 0.05) is 30.9 Å². The van der Waals surface area contributed by atoms with E-state index in [0.717, 1.165) is 17.7 Å². The van der Waals surface area contributed by atoms with Gasteiger partial charge in [0.1, 0.15) is 12.3 Å². The molecular formula is C23H23N3O4.